The zero-order valence-corrected chi connectivity index (χ0v) is 24.2. The maximum absolute atomic E-state index is 15.3. The van der Waals surface area contributed by atoms with E-state index in [2.05, 4.69) is 20.7 Å². The predicted molar refractivity (Wildman–Crippen MR) is 156 cm³/mol. The fraction of sp³-hybridized carbons (Fsp3) is 0.355. The van der Waals surface area contributed by atoms with Crippen molar-refractivity contribution in [3.63, 3.8) is 0 Å². The number of nitrogens with one attached hydrogen (secondary N) is 2. The number of esters is 1. The Morgan fingerprint density at radius 2 is 1.93 bits per heavy atom. The van der Waals surface area contributed by atoms with Crippen LogP contribution in [0.2, 0.25) is 0 Å². The highest BCUT2D eigenvalue weighted by Gasteiger charge is 2.27. The number of fused-ring (bicyclic) bond motifs is 1. The number of rotatable bonds is 11. The van der Waals surface area contributed by atoms with Crippen LogP contribution in [0.25, 0.3) is 10.9 Å². The summed E-state index contributed by atoms with van der Waals surface area (Å²) in [5, 5.41) is 21.1. The largest absolute Gasteiger partial charge is 0.460 e. The maximum atomic E-state index is 15.3. The van der Waals surface area contributed by atoms with Gasteiger partial charge in [0.15, 0.2) is 17.5 Å². The van der Waals surface area contributed by atoms with Gasteiger partial charge in [0.05, 0.1) is 42.9 Å². The summed E-state index contributed by atoms with van der Waals surface area (Å²) in [6.07, 6.45) is 1.72. The van der Waals surface area contributed by atoms with Crippen LogP contribution in [0.3, 0.4) is 0 Å². The first kappa shape index (κ1) is 30.4. The van der Waals surface area contributed by atoms with E-state index in [-0.39, 0.29) is 23.6 Å². The maximum Gasteiger partial charge on any atom is 0.306 e. The smallest absolute Gasteiger partial charge is 0.306 e. The van der Waals surface area contributed by atoms with Crippen molar-refractivity contribution in [1.29, 1.82) is 5.26 Å². The Kier molecular flexibility index (Phi) is 9.38. The second kappa shape index (κ2) is 13.0. The highest BCUT2D eigenvalue weighted by atomic mass is 19.1. The number of ether oxygens (including phenoxy) is 2. The zero-order chi connectivity index (χ0) is 30.4. The number of hydrogen-bond acceptors (Lipinski definition) is 8. The van der Waals surface area contributed by atoms with Crippen LogP contribution in [0.15, 0.2) is 54.7 Å². The number of carbonyl (C=O) groups is 1. The highest BCUT2D eigenvalue weighted by molar-refractivity contribution is 5.83. The van der Waals surface area contributed by atoms with Crippen molar-refractivity contribution in [3.8, 4) is 6.07 Å². The lowest BCUT2D eigenvalue weighted by Gasteiger charge is -2.28. The van der Waals surface area contributed by atoms with Crippen molar-refractivity contribution in [2.45, 2.75) is 52.3 Å². The van der Waals surface area contributed by atoms with Crippen LogP contribution in [-0.2, 0) is 20.8 Å². The van der Waals surface area contributed by atoms with E-state index in [9.17, 15) is 14.4 Å². The van der Waals surface area contributed by atoms with Gasteiger partial charge in [0, 0.05) is 18.2 Å². The third-order valence-corrected chi connectivity index (χ3v) is 6.49. The molecule has 2 heterocycles. The highest BCUT2D eigenvalue weighted by Crippen LogP contribution is 2.32. The Labute approximate surface area is 243 Å². The van der Waals surface area contributed by atoms with Crippen molar-refractivity contribution < 1.29 is 23.0 Å². The first-order valence-electron chi connectivity index (χ1n) is 13.5. The molecule has 0 aliphatic heterocycles. The molecule has 0 amide bonds. The van der Waals surface area contributed by atoms with E-state index in [0.29, 0.717) is 24.4 Å². The Balaban J connectivity index is 1.64. The van der Waals surface area contributed by atoms with E-state index in [4.69, 9.17) is 9.47 Å². The molecule has 0 saturated carbocycles. The van der Waals surface area contributed by atoms with Gasteiger partial charge in [-0.05, 0) is 68.7 Å². The Morgan fingerprint density at radius 1 is 1.14 bits per heavy atom. The van der Waals surface area contributed by atoms with Crippen LogP contribution in [-0.4, -0.2) is 40.1 Å². The van der Waals surface area contributed by atoms with E-state index >= 15 is 4.39 Å². The van der Waals surface area contributed by atoms with Gasteiger partial charge in [-0.3, -0.25) is 9.48 Å². The summed E-state index contributed by atoms with van der Waals surface area (Å²) >= 11 is 0. The third kappa shape index (κ3) is 7.59. The topological polar surface area (TPSA) is 114 Å². The minimum absolute atomic E-state index is 0.00181. The van der Waals surface area contributed by atoms with Gasteiger partial charge >= 0.3 is 5.97 Å². The summed E-state index contributed by atoms with van der Waals surface area (Å²) in [7, 11) is 1.63. The van der Waals surface area contributed by atoms with E-state index in [1.165, 1.54) is 12.1 Å². The van der Waals surface area contributed by atoms with Crippen molar-refractivity contribution in [3.05, 3.63) is 77.5 Å². The Bertz CT molecular complexity index is 1610. The lowest BCUT2D eigenvalue weighted by Crippen LogP contribution is -2.28. The first-order chi connectivity index (χ1) is 20.0. The minimum Gasteiger partial charge on any atom is -0.460 e. The standard InChI is InChI=1S/C31H34F2N6O3/c1-19(13-27(40)42-31(2,3)4)28(20-7-6-8-23(32)14-20)37-30-25(33)16-21(17-34)29(38-30)36-24-9-10-26-22(15-24)18-35-39(26)11-12-41-5/h6-10,14-16,18-19,28H,11-13H2,1-5H3,(H2,36,37,38)/t19-,28+/m1/s1. The number of nitriles is 1. The molecule has 0 bridgehead atoms. The lowest BCUT2D eigenvalue weighted by atomic mass is 9.91. The zero-order valence-electron chi connectivity index (χ0n) is 24.2. The molecule has 0 aliphatic carbocycles. The normalized spacial score (nSPS) is 12.9. The number of nitrogens with zero attached hydrogens (tertiary/aromatic N) is 4. The second-order valence-corrected chi connectivity index (χ2v) is 11.0. The van der Waals surface area contributed by atoms with Gasteiger partial charge in [0.25, 0.3) is 0 Å². The van der Waals surface area contributed by atoms with Gasteiger partial charge in [-0.1, -0.05) is 19.1 Å². The van der Waals surface area contributed by atoms with Gasteiger partial charge in [-0.15, -0.1) is 0 Å². The van der Waals surface area contributed by atoms with Crippen LogP contribution in [0.5, 0.6) is 0 Å². The molecule has 0 aliphatic rings. The second-order valence-electron chi connectivity index (χ2n) is 11.0. The number of benzene rings is 2. The molecule has 2 N–H and O–H groups in total. The van der Waals surface area contributed by atoms with Crippen molar-refractivity contribution in [2.75, 3.05) is 24.4 Å². The number of hydrogen-bond donors (Lipinski definition) is 2. The third-order valence-electron chi connectivity index (χ3n) is 6.49. The lowest BCUT2D eigenvalue weighted by molar-refractivity contribution is -0.155. The molecule has 0 fully saturated rings. The number of aromatic nitrogens is 3. The van der Waals surface area contributed by atoms with Crippen molar-refractivity contribution in [1.82, 2.24) is 14.8 Å². The van der Waals surface area contributed by atoms with E-state index in [1.54, 1.807) is 53.1 Å². The summed E-state index contributed by atoms with van der Waals surface area (Å²) in [5.74, 6) is -2.14. The molecule has 220 valence electrons. The molecular formula is C31H34F2N6O3. The van der Waals surface area contributed by atoms with Crippen LogP contribution in [0.1, 0.15) is 51.3 Å². The van der Waals surface area contributed by atoms with Gasteiger partial charge in [-0.25, -0.2) is 13.8 Å². The van der Waals surface area contributed by atoms with Crippen LogP contribution in [0, 0.1) is 28.9 Å². The SMILES string of the molecule is COCCn1ncc2cc(Nc3nc(N[C@H](c4cccc(F)c4)[C@H](C)CC(=O)OC(C)(C)C)c(F)cc3C#N)ccc21. The van der Waals surface area contributed by atoms with E-state index in [0.717, 1.165) is 17.0 Å². The first-order valence-corrected chi connectivity index (χ1v) is 13.5. The molecule has 42 heavy (non-hydrogen) atoms. The molecule has 0 radical (unpaired) electrons. The monoisotopic (exact) mass is 576 g/mol. The molecule has 2 atom stereocenters. The number of halogens is 2. The molecule has 2 aromatic carbocycles. The molecule has 11 heteroatoms. The van der Waals surface area contributed by atoms with E-state index < -0.39 is 35.2 Å². The van der Waals surface area contributed by atoms with Crippen molar-refractivity contribution >= 4 is 34.2 Å². The summed E-state index contributed by atoms with van der Waals surface area (Å²) in [6.45, 7) is 8.22. The minimum atomic E-state index is -0.766. The average Bonchev–Trinajstić information content (AvgIpc) is 3.32. The molecule has 4 rings (SSSR count). The summed E-state index contributed by atoms with van der Waals surface area (Å²) < 4.78 is 41.9. The Morgan fingerprint density at radius 3 is 2.62 bits per heavy atom. The molecule has 0 unspecified atom stereocenters. The van der Waals surface area contributed by atoms with Crippen LogP contribution >= 0.6 is 0 Å². The fourth-order valence-corrected chi connectivity index (χ4v) is 4.59. The molecule has 2 aromatic heterocycles. The number of carbonyl (C=O) groups excluding carboxylic acids is 1. The summed E-state index contributed by atoms with van der Waals surface area (Å²) in [6, 6.07) is 13.8. The van der Waals surface area contributed by atoms with Gasteiger partial charge in [-0.2, -0.15) is 10.4 Å². The molecule has 4 aromatic rings. The van der Waals surface area contributed by atoms with Gasteiger partial charge in [0.1, 0.15) is 17.5 Å². The molecule has 0 saturated heterocycles. The van der Waals surface area contributed by atoms with Gasteiger partial charge < -0.3 is 20.1 Å². The van der Waals surface area contributed by atoms with Crippen molar-refractivity contribution in [2.24, 2.45) is 5.92 Å². The Hall–Kier alpha value is -4.56. The predicted octanol–water partition coefficient (Wildman–Crippen LogP) is 6.49. The molecule has 0 spiro atoms. The quantitative estimate of drug-likeness (QED) is 0.195. The number of anilines is 3. The number of methoxy groups -OCH3 is 1. The number of pyridine rings is 1. The summed E-state index contributed by atoms with van der Waals surface area (Å²) in [5.41, 5.74) is 1.35. The van der Waals surface area contributed by atoms with Crippen LogP contribution in [0.4, 0.5) is 26.1 Å². The average molecular weight is 577 g/mol. The summed E-state index contributed by atoms with van der Waals surface area (Å²) in [4.78, 5) is 17.0. The van der Waals surface area contributed by atoms with E-state index in [1.807, 2.05) is 29.0 Å². The van der Waals surface area contributed by atoms with Gasteiger partial charge in [0.2, 0.25) is 0 Å². The molecular weight excluding hydrogens is 542 g/mol. The van der Waals surface area contributed by atoms with Crippen LogP contribution < -0.4 is 10.6 Å². The fourth-order valence-electron chi connectivity index (χ4n) is 4.59. The molecule has 9 nitrogen and oxygen atoms in total.